The molecule has 0 aromatic heterocycles. The van der Waals surface area contributed by atoms with Crippen LogP contribution in [0.4, 0.5) is 5.69 Å². The second-order valence-electron chi connectivity index (χ2n) is 3.45. The van der Waals surface area contributed by atoms with Crippen LogP contribution in [0.25, 0.3) is 0 Å². The van der Waals surface area contributed by atoms with Gasteiger partial charge in [-0.25, -0.2) is 0 Å². The van der Waals surface area contributed by atoms with Crippen molar-refractivity contribution in [2.75, 3.05) is 20.3 Å². The zero-order valence-corrected chi connectivity index (χ0v) is 10.5. The number of ether oxygens (including phenoxy) is 1. The lowest BCUT2D eigenvalue weighted by Crippen LogP contribution is -2.15. The number of rotatable bonds is 7. The minimum absolute atomic E-state index is 0. The highest BCUT2D eigenvalue weighted by Gasteiger charge is 2.03. The Hall–Kier alpha value is -1.17. The van der Waals surface area contributed by atoms with E-state index in [9.17, 15) is 10.1 Å². The van der Waals surface area contributed by atoms with Gasteiger partial charge in [-0.3, -0.25) is 10.1 Å². The van der Waals surface area contributed by atoms with Gasteiger partial charge in [0.15, 0.2) is 0 Å². The molecule has 0 unspecified atom stereocenters. The van der Waals surface area contributed by atoms with Gasteiger partial charge in [-0.15, -0.1) is 12.4 Å². The van der Waals surface area contributed by atoms with Gasteiger partial charge in [-0.1, -0.05) is 12.1 Å². The highest BCUT2D eigenvalue weighted by Crippen LogP contribution is 2.11. The maximum atomic E-state index is 10.4. The molecule has 0 radical (unpaired) electrons. The van der Waals surface area contributed by atoms with E-state index in [1.807, 2.05) is 0 Å². The van der Waals surface area contributed by atoms with E-state index in [4.69, 9.17) is 4.74 Å². The fourth-order valence-corrected chi connectivity index (χ4v) is 1.31. The van der Waals surface area contributed by atoms with E-state index in [2.05, 4.69) is 5.32 Å². The number of non-ortho nitro benzene ring substituents is 1. The molecule has 0 bridgehead atoms. The van der Waals surface area contributed by atoms with E-state index in [0.29, 0.717) is 0 Å². The van der Waals surface area contributed by atoms with Crippen molar-refractivity contribution in [2.45, 2.75) is 13.0 Å². The summed E-state index contributed by atoms with van der Waals surface area (Å²) in [5.41, 5.74) is 1.17. The van der Waals surface area contributed by atoms with Gasteiger partial charge in [0.2, 0.25) is 0 Å². The smallest absolute Gasteiger partial charge is 0.269 e. The summed E-state index contributed by atoms with van der Waals surface area (Å²) in [6.45, 7) is 2.35. The van der Waals surface area contributed by atoms with Crippen LogP contribution in [0.15, 0.2) is 24.3 Å². The zero-order chi connectivity index (χ0) is 11.8. The molecule has 1 N–H and O–H groups in total. The summed E-state index contributed by atoms with van der Waals surface area (Å²) in [5.74, 6) is 0. The molecule has 0 heterocycles. The summed E-state index contributed by atoms with van der Waals surface area (Å²) in [6.07, 6.45) is 0.962. The first-order chi connectivity index (χ1) is 7.74. The van der Waals surface area contributed by atoms with Crippen molar-refractivity contribution in [1.82, 2.24) is 5.32 Å². The van der Waals surface area contributed by atoms with Crippen molar-refractivity contribution in [3.05, 3.63) is 39.9 Å². The van der Waals surface area contributed by atoms with Crippen LogP contribution in [0.3, 0.4) is 0 Å². The minimum atomic E-state index is -0.393. The number of halogens is 1. The van der Waals surface area contributed by atoms with Gasteiger partial charge in [0.25, 0.3) is 5.69 Å². The Morgan fingerprint density at radius 2 is 2.00 bits per heavy atom. The van der Waals surface area contributed by atoms with Crippen LogP contribution < -0.4 is 5.32 Å². The predicted octanol–water partition coefficient (Wildman–Crippen LogP) is 2.14. The first-order valence-corrected chi connectivity index (χ1v) is 5.17. The molecule has 5 nitrogen and oxygen atoms in total. The number of methoxy groups -OCH3 is 1. The van der Waals surface area contributed by atoms with Crippen LogP contribution in [-0.2, 0) is 11.3 Å². The van der Waals surface area contributed by atoms with Crippen molar-refractivity contribution in [3.8, 4) is 0 Å². The SMILES string of the molecule is COCCCNCc1ccc([N+](=O)[O-])cc1.Cl. The quantitative estimate of drug-likeness (QED) is 0.463. The summed E-state index contributed by atoms with van der Waals surface area (Å²) >= 11 is 0. The number of hydrogen-bond acceptors (Lipinski definition) is 4. The van der Waals surface area contributed by atoms with Gasteiger partial charge >= 0.3 is 0 Å². The molecule has 1 rings (SSSR count). The highest BCUT2D eigenvalue weighted by atomic mass is 35.5. The van der Waals surface area contributed by atoms with Gasteiger partial charge in [-0.05, 0) is 18.5 Å². The molecule has 0 amide bonds. The standard InChI is InChI=1S/C11H16N2O3.ClH/c1-16-8-2-7-12-9-10-3-5-11(6-4-10)13(14)15;/h3-6,12H,2,7-9H2,1H3;1H. The molecule has 0 saturated heterocycles. The monoisotopic (exact) mass is 260 g/mol. The third kappa shape index (κ3) is 6.21. The van der Waals surface area contributed by atoms with E-state index in [-0.39, 0.29) is 18.1 Å². The lowest BCUT2D eigenvalue weighted by Gasteiger charge is -2.04. The first kappa shape index (κ1) is 15.8. The second kappa shape index (κ2) is 8.92. The van der Waals surface area contributed by atoms with Crippen molar-refractivity contribution in [3.63, 3.8) is 0 Å². The average Bonchev–Trinajstić information content (AvgIpc) is 2.29. The van der Waals surface area contributed by atoms with Crippen molar-refractivity contribution in [2.24, 2.45) is 0 Å². The third-order valence-electron chi connectivity index (χ3n) is 2.18. The Kier molecular flexibility index (Phi) is 8.31. The van der Waals surface area contributed by atoms with Crippen LogP contribution >= 0.6 is 12.4 Å². The molecular formula is C11H17ClN2O3. The Bertz CT molecular complexity index is 330. The Morgan fingerprint density at radius 1 is 1.35 bits per heavy atom. The molecule has 0 atom stereocenters. The Balaban J connectivity index is 0.00000256. The number of hydrogen-bond donors (Lipinski definition) is 1. The fourth-order valence-electron chi connectivity index (χ4n) is 1.31. The molecule has 0 spiro atoms. The summed E-state index contributed by atoms with van der Waals surface area (Å²) in [4.78, 5) is 10.0. The van der Waals surface area contributed by atoms with Crippen LogP contribution in [0, 0.1) is 10.1 Å². The molecule has 0 fully saturated rings. The second-order valence-corrected chi connectivity index (χ2v) is 3.45. The molecule has 17 heavy (non-hydrogen) atoms. The third-order valence-corrected chi connectivity index (χ3v) is 2.18. The molecule has 0 saturated carbocycles. The first-order valence-electron chi connectivity index (χ1n) is 5.17. The lowest BCUT2D eigenvalue weighted by atomic mass is 10.2. The van der Waals surface area contributed by atoms with Gasteiger partial charge < -0.3 is 10.1 Å². The predicted molar refractivity (Wildman–Crippen MR) is 68.5 cm³/mol. The van der Waals surface area contributed by atoms with Crippen LogP contribution in [0.1, 0.15) is 12.0 Å². The maximum Gasteiger partial charge on any atom is 0.269 e. The molecule has 1 aromatic rings. The van der Waals surface area contributed by atoms with Crippen LogP contribution in [0.5, 0.6) is 0 Å². The molecule has 0 aliphatic heterocycles. The summed E-state index contributed by atoms with van der Waals surface area (Å²) < 4.78 is 4.92. The van der Waals surface area contributed by atoms with Gasteiger partial charge in [0.1, 0.15) is 0 Å². The zero-order valence-electron chi connectivity index (χ0n) is 9.72. The number of nitrogens with one attached hydrogen (secondary N) is 1. The Morgan fingerprint density at radius 3 is 2.53 bits per heavy atom. The van der Waals surface area contributed by atoms with Gasteiger partial charge in [0.05, 0.1) is 4.92 Å². The minimum Gasteiger partial charge on any atom is -0.385 e. The van der Waals surface area contributed by atoms with Crippen LogP contribution in [0.2, 0.25) is 0 Å². The van der Waals surface area contributed by atoms with E-state index in [0.717, 1.165) is 31.7 Å². The normalized spacial score (nSPS) is 9.71. The summed E-state index contributed by atoms with van der Waals surface area (Å²) in [7, 11) is 1.68. The fraction of sp³-hybridized carbons (Fsp3) is 0.455. The van der Waals surface area contributed by atoms with Gasteiger partial charge in [-0.2, -0.15) is 0 Å². The number of benzene rings is 1. The molecule has 0 aliphatic rings. The van der Waals surface area contributed by atoms with Crippen LogP contribution in [-0.4, -0.2) is 25.2 Å². The number of nitro groups is 1. The van der Waals surface area contributed by atoms with Crippen molar-refractivity contribution in [1.29, 1.82) is 0 Å². The largest absolute Gasteiger partial charge is 0.385 e. The highest BCUT2D eigenvalue weighted by molar-refractivity contribution is 5.85. The van der Waals surface area contributed by atoms with Crippen molar-refractivity contribution >= 4 is 18.1 Å². The van der Waals surface area contributed by atoms with E-state index >= 15 is 0 Å². The summed E-state index contributed by atoms with van der Waals surface area (Å²) in [6, 6.07) is 6.57. The Labute approximate surface area is 107 Å². The average molecular weight is 261 g/mol. The number of nitro benzene ring substituents is 1. The molecule has 6 heteroatoms. The summed E-state index contributed by atoms with van der Waals surface area (Å²) in [5, 5.41) is 13.7. The van der Waals surface area contributed by atoms with E-state index in [1.165, 1.54) is 12.1 Å². The topological polar surface area (TPSA) is 64.4 Å². The van der Waals surface area contributed by atoms with Crippen molar-refractivity contribution < 1.29 is 9.66 Å². The molecular weight excluding hydrogens is 244 g/mol. The molecule has 1 aromatic carbocycles. The van der Waals surface area contributed by atoms with Gasteiger partial charge in [0, 0.05) is 32.4 Å². The number of nitrogens with zero attached hydrogens (tertiary/aromatic N) is 1. The van der Waals surface area contributed by atoms with E-state index in [1.54, 1.807) is 19.2 Å². The maximum absolute atomic E-state index is 10.4. The molecule has 0 aliphatic carbocycles. The van der Waals surface area contributed by atoms with E-state index < -0.39 is 4.92 Å². The molecule has 96 valence electrons. The lowest BCUT2D eigenvalue weighted by molar-refractivity contribution is -0.384.